The molecule has 3 nitrogen and oxygen atoms in total. The number of esters is 1. The monoisotopic (exact) mass is 464 g/mol. The third-order valence-corrected chi connectivity index (χ3v) is 6.19. The molecular formula is C32H32O3. The highest BCUT2D eigenvalue weighted by molar-refractivity contribution is 5.78. The van der Waals surface area contributed by atoms with E-state index in [1.165, 1.54) is 12.5 Å². The Kier molecular flexibility index (Phi) is 7.07. The summed E-state index contributed by atoms with van der Waals surface area (Å²) in [6, 6.07) is 32.9. The third-order valence-electron chi connectivity index (χ3n) is 6.19. The first-order valence-corrected chi connectivity index (χ1v) is 12.0. The normalized spacial score (nSPS) is 11.4. The van der Waals surface area contributed by atoms with Crippen LogP contribution in [0.15, 0.2) is 97.1 Å². The first-order valence-electron chi connectivity index (χ1n) is 12.0. The molecule has 4 rings (SSSR count). The van der Waals surface area contributed by atoms with Gasteiger partial charge in [-0.2, -0.15) is 0 Å². The quantitative estimate of drug-likeness (QED) is 0.205. The van der Waals surface area contributed by atoms with Gasteiger partial charge in [-0.15, -0.1) is 0 Å². The van der Waals surface area contributed by atoms with Gasteiger partial charge in [0.15, 0.2) is 0 Å². The van der Waals surface area contributed by atoms with Crippen molar-refractivity contribution < 1.29 is 14.3 Å². The largest absolute Gasteiger partial charge is 0.490 e. The summed E-state index contributed by atoms with van der Waals surface area (Å²) in [7, 11) is 0. The average molecular weight is 465 g/mol. The Labute approximate surface area is 208 Å². The summed E-state index contributed by atoms with van der Waals surface area (Å²) in [5.41, 5.74) is 6.09. The summed E-state index contributed by atoms with van der Waals surface area (Å²) in [6.07, 6.45) is 0.0820. The lowest BCUT2D eigenvalue weighted by Crippen LogP contribution is -2.19. The standard InChI is InChI=1S/C32H32O3/c1-22(2)34-30-18-16-26(20-28(30)24-12-8-6-9-13-24)32(4,5)27-17-19-31(35-23(3)33)29(21-27)25-14-10-7-11-15-25/h6-22H,1-5H3. The SMILES string of the molecule is CC(=O)Oc1ccc(C(C)(C)c2ccc(OC(C)C)c(-c3ccccc3)c2)cc1-c1ccccc1. The first kappa shape index (κ1) is 24.3. The highest BCUT2D eigenvalue weighted by Gasteiger charge is 2.26. The maximum absolute atomic E-state index is 11.7. The minimum Gasteiger partial charge on any atom is -0.490 e. The lowest BCUT2D eigenvalue weighted by Gasteiger charge is -2.28. The summed E-state index contributed by atoms with van der Waals surface area (Å²) in [4.78, 5) is 11.7. The third kappa shape index (κ3) is 5.46. The van der Waals surface area contributed by atoms with Crippen molar-refractivity contribution >= 4 is 5.97 Å². The van der Waals surface area contributed by atoms with Crippen LogP contribution in [0, 0.1) is 0 Å². The molecule has 0 fully saturated rings. The van der Waals surface area contributed by atoms with Crippen molar-refractivity contribution in [1.82, 2.24) is 0 Å². The molecule has 3 heteroatoms. The molecule has 178 valence electrons. The van der Waals surface area contributed by atoms with E-state index < -0.39 is 0 Å². The number of benzene rings is 4. The molecule has 0 heterocycles. The van der Waals surface area contributed by atoms with E-state index in [0.29, 0.717) is 5.75 Å². The molecule has 0 spiro atoms. The lowest BCUT2D eigenvalue weighted by atomic mass is 9.76. The number of hydrogen-bond donors (Lipinski definition) is 0. The maximum atomic E-state index is 11.7. The van der Waals surface area contributed by atoms with Crippen LogP contribution < -0.4 is 9.47 Å². The summed E-state index contributed by atoms with van der Waals surface area (Å²) in [5.74, 6) is 1.11. The Balaban J connectivity index is 1.82. The van der Waals surface area contributed by atoms with Gasteiger partial charge in [-0.3, -0.25) is 4.79 Å². The second kappa shape index (κ2) is 10.2. The van der Waals surface area contributed by atoms with E-state index >= 15 is 0 Å². The first-order chi connectivity index (χ1) is 16.8. The molecule has 0 atom stereocenters. The summed E-state index contributed by atoms with van der Waals surface area (Å²) < 4.78 is 11.7. The summed E-state index contributed by atoms with van der Waals surface area (Å²) >= 11 is 0. The second-order valence-corrected chi connectivity index (χ2v) is 9.54. The molecule has 0 amide bonds. The van der Waals surface area contributed by atoms with Crippen molar-refractivity contribution in [1.29, 1.82) is 0 Å². The van der Waals surface area contributed by atoms with E-state index in [-0.39, 0.29) is 17.5 Å². The van der Waals surface area contributed by atoms with Gasteiger partial charge in [-0.05, 0) is 60.4 Å². The van der Waals surface area contributed by atoms with E-state index in [4.69, 9.17) is 9.47 Å². The van der Waals surface area contributed by atoms with Gasteiger partial charge in [0.05, 0.1) is 6.10 Å². The Hall–Kier alpha value is -3.85. The Morgan fingerprint density at radius 3 is 1.60 bits per heavy atom. The van der Waals surface area contributed by atoms with Gasteiger partial charge in [0.25, 0.3) is 0 Å². The van der Waals surface area contributed by atoms with Gasteiger partial charge in [-0.25, -0.2) is 0 Å². The molecule has 0 aromatic heterocycles. The molecule has 0 N–H and O–H groups in total. The van der Waals surface area contributed by atoms with Crippen LogP contribution in [0.2, 0.25) is 0 Å². The molecule has 0 aliphatic heterocycles. The van der Waals surface area contributed by atoms with Gasteiger partial charge in [0.1, 0.15) is 11.5 Å². The Bertz CT molecular complexity index is 1310. The van der Waals surface area contributed by atoms with Crippen LogP contribution in [0.5, 0.6) is 11.5 Å². The minimum absolute atomic E-state index is 0.0820. The van der Waals surface area contributed by atoms with E-state index in [1.54, 1.807) is 0 Å². The molecule has 35 heavy (non-hydrogen) atoms. The topological polar surface area (TPSA) is 35.5 Å². The molecule has 0 unspecified atom stereocenters. The van der Waals surface area contributed by atoms with E-state index in [0.717, 1.165) is 33.6 Å². The molecule has 0 aliphatic rings. The van der Waals surface area contributed by atoms with Gasteiger partial charge in [0, 0.05) is 23.5 Å². The zero-order valence-corrected chi connectivity index (χ0v) is 21.0. The fourth-order valence-corrected chi connectivity index (χ4v) is 4.29. The van der Waals surface area contributed by atoms with Crippen molar-refractivity contribution in [3.8, 4) is 33.8 Å². The van der Waals surface area contributed by atoms with E-state index in [1.807, 2.05) is 74.5 Å². The van der Waals surface area contributed by atoms with Gasteiger partial charge in [0.2, 0.25) is 0 Å². The number of rotatable bonds is 7. The average Bonchev–Trinajstić information content (AvgIpc) is 2.84. The smallest absolute Gasteiger partial charge is 0.308 e. The number of carbonyl (C=O) groups excluding carboxylic acids is 1. The zero-order valence-electron chi connectivity index (χ0n) is 21.0. The van der Waals surface area contributed by atoms with Crippen molar-refractivity contribution in [3.63, 3.8) is 0 Å². The zero-order chi connectivity index (χ0) is 25.0. The molecule has 0 aliphatic carbocycles. The van der Waals surface area contributed by atoms with Crippen molar-refractivity contribution in [2.24, 2.45) is 0 Å². The van der Waals surface area contributed by atoms with Crippen molar-refractivity contribution in [2.45, 2.75) is 46.1 Å². The Morgan fingerprint density at radius 2 is 1.14 bits per heavy atom. The molecule has 4 aromatic carbocycles. The van der Waals surface area contributed by atoms with E-state index in [2.05, 4.69) is 50.2 Å². The lowest BCUT2D eigenvalue weighted by molar-refractivity contribution is -0.131. The molecule has 0 saturated carbocycles. The molecule has 4 aromatic rings. The highest BCUT2D eigenvalue weighted by Crippen LogP contribution is 2.41. The highest BCUT2D eigenvalue weighted by atomic mass is 16.5. The van der Waals surface area contributed by atoms with Crippen LogP contribution in [-0.2, 0) is 10.2 Å². The summed E-state index contributed by atoms with van der Waals surface area (Å²) in [6.45, 7) is 9.95. The Morgan fingerprint density at radius 1 is 0.686 bits per heavy atom. The second-order valence-electron chi connectivity index (χ2n) is 9.54. The van der Waals surface area contributed by atoms with E-state index in [9.17, 15) is 4.79 Å². The van der Waals surface area contributed by atoms with Gasteiger partial charge < -0.3 is 9.47 Å². The number of carbonyl (C=O) groups is 1. The number of hydrogen-bond acceptors (Lipinski definition) is 3. The molecular weight excluding hydrogens is 432 g/mol. The van der Waals surface area contributed by atoms with Gasteiger partial charge in [-0.1, -0.05) is 86.6 Å². The maximum Gasteiger partial charge on any atom is 0.308 e. The fourth-order valence-electron chi connectivity index (χ4n) is 4.29. The van der Waals surface area contributed by atoms with Crippen LogP contribution >= 0.6 is 0 Å². The molecule has 0 radical (unpaired) electrons. The van der Waals surface area contributed by atoms with Crippen LogP contribution in [0.4, 0.5) is 0 Å². The predicted molar refractivity (Wildman–Crippen MR) is 143 cm³/mol. The van der Waals surface area contributed by atoms with Crippen LogP contribution in [0.25, 0.3) is 22.3 Å². The van der Waals surface area contributed by atoms with Gasteiger partial charge >= 0.3 is 5.97 Å². The molecule has 0 bridgehead atoms. The predicted octanol–water partition coefficient (Wildman–Crippen LogP) is 8.06. The minimum atomic E-state index is -0.331. The molecule has 0 saturated heterocycles. The fraction of sp³-hybridized carbons (Fsp3) is 0.219. The van der Waals surface area contributed by atoms with Crippen LogP contribution in [0.1, 0.15) is 45.7 Å². The van der Waals surface area contributed by atoms with Crippen molar-refractivity contribution in [2.75, 3.05) is 0 Å². The number of ether oxygens (including phenoxy) is 2. The van der Waals surface area contributed by atoms with Crippen LogP contribution in [-0.4, -0.2) is 12.1 Å². The van der Waals surface area contributed by atoms with Crippen LogP contribution in [0.3, 0.4) is 0 Å². The summed E-state index contributed by atoms with van der Waals surface area (Å²) in [5, 5.41) is 0. The van der Waals surface area contributed by atoms with Crippen molar-refractivity contribution in [3.05, 3.63) is 108 Å².